The Hall–Kier alpha value is -2.90. The molecule has 2 amide bonds. The van der Waals surface area contributed by atoms with Crippen LogP contribution in [0.25, 0.3) is 0 Å². The molecule has 31 heavy (non-hydrogen) atoms. The largest absolute Gasteiger partial charge is 0.497 e. The number of fused-ring (bicyclic) bond motifs is 1. The molecule has 7 nitrogen and oxygen atoms in total. The first-order valence-electron chi connectivity index (χ1n) is 10.8. The number of hydrogen-bond acceptors (Lipinski definition) is 5. The second-order valence-corrected chi connectivity index (χ2v) is 8.34. The molecule has 2 fully saturated rings. The van der Waals surface area contributed by atoms with Crippen molar-refractivity contribution in [2.24, 2.45) is 5.92 Å². The van der Waals surface area contributed by atoms with E-state index >= 15 is 0 Å². The molecule has 164 valence electrons. The van der Waals surface area contributed by atoms with Gasteiger partial charge in [-0.3, -0.25) is 14.5 Å². The predicted octanol–water partition coefficient (Wildman–Crippen LogP) is 2.67. The van der Waals surface area contributed by atoms with E-state index in [4.69, 9.17) is 4.74 Å². The quantitative estimate of drug-likeness (QED) is 0.667. The fraction of sp³-hybridized carbons (Fsp3) is 0.417. The molecule has 0 unspecified atom stereocenters. The van der Waals surface area contributed by atoms with E-state index in [2.05, 4.69) is 33.0 Å². The maximum atomic E-state index is 12.8. The highest BCUT2D eigenvalue weighted by Crippen LogP contribution is 2.40. The first-order valence-corrected chi connectivity index (χ1v) is 10.8. The van der Waals surface area contributed by atoms with E-state index in [-0.39, 0.29) is 11.8 Å². The molecule has 0 spiro atoms. The molecule has 4 rings (SSSR count). The van der Waals surface area contributed by atoms with Gasteiger partial charge >= 0.3 is 0 Å². The lowest BCUT2D eigenvalue weighted by molar-refractivity contribution is -0.117. The minimum Gasteiger partial charge on any atom is -0.497 e. The smallest absolute Gasteiger partial charge is 0.238 e. The number of carbonyl (C=O) groups excluding carboxylic acids is 2. The molecule has 0 aromatic heterocycles. The Labute approximate surface area is 183 Å². The number of methoxy groups -OCH3 is 1. The maximum absolute atomic E-state index is 12.8. The normalized spacial score (nSPS) is 23.1. The number of carbonyl (C=O) groups is 2. The Balaban J connectivity index is 1.41. The highest BCUT2D eigenvalue weighted by Gasteiger charge is 2.43. The van der Waals surface area contributed by atoms with Gasteiger partial charge in [0, 0.05) is 43.3 Å². The van der Waals surface area contributed by atoms with Gasteiger partial charge in [-0.05, 0) is 60.8 Å². The van der Waals surface area contributed by atoms with Crippen LogP contribution in [0.4, 0.5) is 11.4 Å². The van der Waals surface area contributed by atoms with Crippen LogP contribution in [0.1, 0.15) is 24.8 Å². The van der Waals surface area contributed by atoms with Crippen LogP contribution < -0.4 is 20.7 Å². The number of nitrogens with zero attached hydrogens (tertiary/aromatic N) is 1. The molecule has 0 aliphatic carbocycles. The van der Waals surface area contributed by atoms with Crippen molar-refractivity contribution in [3.05, 3.63) is 54.1 Å². The number of piperidine rings is 1. The van der Waals surface area contributed by atoms with Crippen LogP contribution in [-0.2, 0) is 9.59 Å². The molecule has 2 aliphatic heterocycles. The number of hydrogen-bond donors (Lipinski definition) is 3. The van der Waals surface area contributed by atoms with E-state index in [9.17, 15) is 9.59 Å². The van der Waals surface area contributed by atoms with Crippen LogP contribution in [-0.4, -0.2) is 56.0 Å². The van der Waals surface area contributed by atoms with Crippen molar-refractivity contribution in [2.45, 2.75) is 25.3 Å². The SMILES string of the molecule is COc1ccc([C@H]2CN(CC(=O)Nc3ccc(NC(C)=O)cc3)[C@@H]3CCNC[C@H]23)cc1. The Morgan fingerprint density at radius 2 is 1.74 bits per heavy atom. The third kappa shape index (κ3) is 5.06. The summed E-state index contributed by atoms with van der Waals surface area (Å²) in [5.74, 6) is 1.62. The van der Waals surface area contributed by atoms with E-state index < -0.39 is 0 Å². The van der Waals surface area contributed by atoms with Gasteiger partial charge in [0.05, 0.1) is 13.7 Å². The lowest BCUT2D eigenvalue weighted by Crippen LogP contribution is -2.46. The number of rotatable bonds is 6. The van der Waals surface area contributed by atoms with Gasteiger partial charge in [-0.2, -0.15) is 0 Å². The summed E-state index contributed by atoms with van der Waals surface area (Å²) in [6.07, 6.45) is 1.05. The van der Waals surface area contributed by atoms with E-state index in [0.717, 1.165) is 37.5 Å². The predicted molar refractivity (Wildman–Crippen MR) is 121 cm³/mol. The zero-order valence-corrected chi connectivity index (χ0v) is 18.1. The van der Waals surface area contributed by atoms with Crippen LogP contribution in [0.15, 0.2) is 48.5 Å². The molecule has 2 saturated heterocycles. The van der Waals surface area contributed by atoms with Crippen molar-refractivity contribution < 1.29 is 14.3 Å². The third-order valence-corrected chi connectivity index (χ3v) is 6.29. The average molecular weight is 423 g/mol. The van der Waals surface area contributed by atoms with Gasteiger partial charge in [0.1, 0.15) is 5.75 Å². The van der Waals surface area contributed by atoms with Crippen LogP contribution in [0.2, 0.25) is 0 Å². The van der Waals surface area contributed by atoms with Crippen LogP contribution in [0.3, 0.4) is 0 Å². The molecule has 3 atom stereocenters. The fourth-order valence-corrected chi connectivity index (χ4v) is 4.87. The molecule has 2 heterocycles. The minimum atomic E-state index is -0.117. The maximum Gasteiger partial charge on any atom is 0.238 e. The van der Waals surface area contributed by atoms with Crippen molar-refractivity contribution in [2.75, 3.05) is 43.9 Å². The number of likely N-dealkylation sites (tertiary alicyclic amines) is 1. The highest BCUT2D eigenvalue weighted by molar-refractivity contribution is 5.93. The monoisotopic (exact) mass is 422 g/mol. The summed E-state index contributed by atoms with van der Waals surface area (Å²) in [6, 6.07) is 15.9. The first kappa shape index (κ1) is 21.3. The molecule has 0 radical (unpaired) electrons. The van der Waals surface area contributed by atoms with Gasteiger partial charge in [0.15, 0.2) is 0 Å². The third-order valence-electron chi connectivity index (χ3n) is 6.29. The molecule has 2 aliphatic rings. The first-order chi connectivity index (χ1) is 15.0. The molecular formula is C24H30N4O3. The Bertz CT molecular complexity index is 913. The van der Waals surface area contributed by atoms with Gasteiger partial charge < -0.3 is 20.7 Å². The van der Waals surface area contributed by atoms with Crippen LogP contribution >= 0.6 is 0 Å². The number of benzene rings is 2. The Morgan fingerprint density at radius 3 is 2.39 bits per heavy atom. The molecule has 0 saturated carbocycles. The number of amides is 2. The number of anilines is 2. The minimum absolute atomic E-state index is 0.0139. The molecule has 3 N–H and O–H groups in total. The average Bonchev–Trinajstić information content (AvgIpc) is 3.13. The Kier molecular flexibility index (Phi) is 6.53. The van der Waals surface area contributed by atoms with Crippen molar-refractivity contribution in [1.82, 2.24) is 10.2 Å². The standard InChI is InChI=1S/C24H30N4O3/c1-16(29)26-18-5-7-19(8-6-18)27-24(30)15-28-14-22(21-13-25-12-11-23(21)28)17-3-9-20(31-2)10-4-17/h3-10,21-23,25H,11-15H2,1-2H3,(H,26,29)(H,27,30)/t21-,22-,23-/m1/s1. The van der Waals surface area contributed by atoms with Crippen LogP contribution in [0, 0.1) is 5.92 Å². The van der Waals surface area contributed by atoms with Gasteiger partial charge in [0.25, 0.3) is 0 Å². The second-order valence-electron chi connectivity index (χ2n) is 8.34. The lowest BCUT2D eigenvalue weighted by atomic mass is 9.82. The summed E-state index contributed by atoms with van der Waals surface area (Å²) < 4.78 is 5.30. The summed E-state index contributed by atoms with van der Waals surface area (Å²) in [6.45, 7) is 4.68. The fourth-order valence-electron chi connectivity index (χ4n) is 4.87. The molecule has 2 aromatic carbocycles. The van der Waals surface area contributed by atoms with Crippen molar-refractivity contribution >= 4 is 23.2 Å². The topological polar surface area (TPSA) is 82.7 Å². The molecular weight excluding hydrogens is 392 g/mol. The van der Waals surface area contributed by atoms with E-state index in [0.29, 0.717) is 30.1 Å². The summed E-state index contributed by atoms with van der Waals surface area (Å²) in [7, 11) is 1.68. The Morgan fingerprint density at radius 1 is 1.06 bits per heavy atom. The second kappa shape index (κ2) is 9.49. The van der Waals surface area contributed by atoms with Gasteiger partial charge in [-0.15, -0.1) is 0 Å². The zero-order valence-electron chi connectivity index (χ0n) is 18.1. The summed E-state index contributed by atoms with van der Waals surface area (Å²) >= 11 is 0. The molecule has 7 heteroatoms. The van der Waals surface area contributed by atoms with E-state index in [1.165, 1.54) is 12.5 Å². The molecule has 2 aromatic rings. The van der Waals surface area contributed by atoms with Crippen molar-refractivity contribution in [3.8, 4) is 5.75 Å². The number of nitrogens with one attached hydrogen (secondary N) is 3. The van der Waals surface area contributed by atoms with Gasteiger partial charge in [0.2, 0.25) is 11.8 Å². The summed E-state index contributed by atoms with van der Waals surface area (Å²) in [5.41, 5.74) is 2.74. The van der Waals surface area contributed by atoms with E-state index in [1.807, 2.05) is 12.1 Å². The summed E-state index contributed by atoms with van der Waals surface area (Å²) in [4.78, 5) is 26.3. The number of ether oxygens (including phenoxy) is 1. The summed E-state index contributed by atoms with van der Waals surface area (Å²) in [5, 5.41) is 9.25. The highest BCUT2D eigenvalue weighted by atomic mass is 16.5. The van der Waals surface area contributed by atoms with E-state index in [1.54, 1.807) is 31.4 Å². The van der Waals surface area contributed by atoms with Crippen molar-refractivity contribution in [1.29, 1.82) is 0 Å². The zero-order chi connectivity index (χ0) is 21.8. The van der Waals surface area contributed by atoms with Crippen molar-refractivity contribution in [3.63, 3.8) is 0 Å². The molecule has 0 bridgehead atoms. The van der Waals surface area contributed by atoms with Gasteiger partial charge in [-0.25, -0.2) is 0 Å². The lowest BCUT2D eigenvalue weighted by Gasteiger charge is -2.33. The van der Waals surface area contributed by atoms with Gasteiger partial charge in [-0.1, -0.05) is 12.1 Å². The van der Waals surface area contributed by atoms with Crippen LogP contribution in [0.5, 0.6) is 5.75 Å².